The molecule has 0 aliphatic heterocycles. The van der Waals surface area contributed by atoms with E-state index in [1.54, 1.807) is 19.9 Å². The van der Waals surface area contributed by atoms with Gasteiger partial charge in [0, 0.05) is 6.07 Å². The molecule has 0 bridgehead atoms. The minimum Gasteiger partial charge on any atom is -0.493 e. The maximum absolute atomic E-state index is 12.1. The molecule has 0 radical (unpaired) electrons. The highest BCUT2D eigenvalue weighted by Gasteiger charge is 2.20. The number of rotatable bonds is 8. The zero-order valence-corrected chi connectivity index (χ0v) is 16.9. The molecule has 8 heteroatoms. The van der Waals surface area contributed by atoms with E-state index in [0.717, 1.165) is 16.7 Å². The first-order chi connectivity index (χ1) is 13.7. The van der Waals surface area contributed by atoms with Crippen LogP contribution in [0.3, 0.4) is 0 Å². The van der Waals surface area contributed by atoms with Crippen LogP contribution in [0.2, 0.25) is 0 Å². The monoisotopic (exact) mass is 400 g/mol. The van der Waals surface area contributed by atoms with E-state index in [-0.39, 0.29) is 24.4 Å². The van der Waals surface area contributed by atoms with Gasteiger partial charge in [0.15, 0.2) is 6.61 Å². The summed E-state index contributed by atoms with van der Waals surface area (Å²) < 4.78 is 10.5. The molecule has 1 amide bonds. The van der Waals surface area contributed by atoms with Gasteiger partial charge in [-0.2, -0.15) is 0 Å². The fraction of sp³-hybridized carbons (Fsp3) is 0.333. The molecule has 0 spiro atoms. The summed E-state index contributed by atoms with van der Waals surface area (Å²) in [5, 5.41) is 13.6. The number of nitro groups is 1. The summed E-state index contributed by atoms with van der Waals surface area (Å²) >= 11 is 0. The Labute approximate surface area is 169 Å². The highest BCUT2D eigenvalue weighted by atomic mass is 16.6. The lowest BCUT2D eigenvalue weighted by atomic mass is 10.1. The van der Waals surface area contributed by atoms with E-state index in [1.807, 2.05) is 32.0 Å². The highest BCUT2D eigenvalue weighted by Crippen LogP contribution is 2.30. The molecule has 0 aliphatic rings. The first kappa shape index (κ1) is 21.9. The Morgan fingerprint density at radius 3 is 2.45 bits per heavy atom. The topological polar surface area (TPSA) is 108 Å². The molecule has 2 aromatic rings. The largest absolute Gasteiger partial charge is 0.493 e. The first-order valence-electron chi connectivity index (χ1n) is 9.09. The van der Waals surface area contributed by atoms with Gasteiger partial charge in [0.2, 0.25) is 0 Å². The number of nitro benzene ring substituents is 1. The van der Waals surface area contributed by atoms with E-state index in [1.165, 1.54) is 6.07 Å². The van der Waals surface area contributed by atoms with Crippen molar-refractivity contribution in [1.29, 1.82) is 0 Å². The number of anilines is 1. The second-order valence-electron chi connectivity index (χ2n) is 6.73. The second-order valence-corrected chi connectivity index (χ2v) is 6.73. The molecule has 2 rings (SSSR count). The maximum atomic E-state index is 12.1. The minimum atomic E-state index is -0.648. The van der Waals surface area contributed by atoms with Gasteiger partial charge in [-0.3, -0.25) is 19.7 Å². The molecule has 0 aliphatic carbocycles. The zero-order chi connectivity index (χ0) is 21.6. The van der Waals surface area contributed by atoms with Crippen LogP contribution in [0.25, 0.3) is 0 Å². The van der Waals surface area contributed by atoms with E-state index in [9.17, 15) is 19.7 Å². The molecule has 29 heavy (non-hydrogen) atoms. The van der Waals surface area contributed by atoms with E-state index in [0.29, 0.717) is 11.3 Å². The van der Waals surface area contributed by atoms with Crippen LogP contribution < -0.4 is 10.1 Å². The first-order valence-corrected chi connectivity index (χ1v) is 9.09. The van der Waals surface area contributed by atoms with Crippen molar-refractivity contribution >= 4 is 23.3 Å². The van der Waals surface area contributed by atoms with Gasteiger partial charge in [0.1, 0.15) is 11.4 Å². The molecule has 154 valence electrons. The Morgan fingerprint density at radius 2 is 1.76 bits per heavy atom. The summed E-state index contributed by atoms with van der Waals surface area (Å²) in [6, 6.07) is 8.72. The summed E-state index contributed by atoms with van der Waals surface area (Å²) in [5.41, 5.74) is 3.28. The third kappa shape index (κ3) is 6.03. The lowest BCUT2D eigenvalue weighted by Crippen LogP contribution is -2.22. The van der Waals surface area contributed by atoms with Crippen molar-refractivity contribution in [1.82, 2.24) is 0 Å². The number of carbonyl (C=O) groups excluding carboxylic acids is 2. The Morgan fingerprint density at radius 1 is 1.07 bits per heavy atom. The van der Waals surface area contributed by atoms with Crippen molar-refractivity contribution in [2.45, 2.75) is 34.1 Å². The van der Waals surface area contributed by atoms with Gasteiger partial charge < -0.3 is 14.8 Å². The van der Waals surface area contributed by atoms with Crippen LogP contribution in [0.4, 0.5) is 11.4 Å². The molecule has 8 nitrogen and oxygen atoms in total. The third-order valence-corrected chi connectivity index (χ3v) is 4.45. The zero-order valence-electron chi connectivity index (χ0n) is 16.9. The number of aryl methyl sites for hydroxylation is 3. The molecule has 0 saturated heterocycles. The quantitative estimate of drug-likeness (QED) is 0.410. The SMILES string of the molecule is Cc1ccc(C)c(OCCC(=O)OCC(=O)Nc2c([N+](=O)[O-])ccc(C)c2C)c1. The standard InChI is InChI=1S/C21H24N2O6/c1-13-5-6-15(3)18(11-13)28-10-9-20(25)29-12-19(24)22-21-16(4)14(2)7-8-17(21)23(26)27/h5-8,11H,9-10,12H2,1-4H3,(H,22,24). The highest BCUT2D eigenvalue weighted by molar-refractivity contribution is 5.96. The predicted octanol–water partition coefficient (Wildman–Crippen LogP) is 3.78. The Balaban J connectivity index is 1.85. The van der Waals surface area contributed by atoms with Crippen LogP contribution in [0.15, 0.2) is 30.3 Å². The number of hydrogen-bond donors (Lipinski definition) is 1. The van der Waals surface area contributed by atoms with Crippen LogP contribution >= 0.6 is 0 Å². The number of nitrogens with zero attached hydrogens (tertiary/aromatic N) is 1. The van der Waals surface area contributed by atoms with Gasteiger partial charge in [-0.25, -0.2) is 0 Å². The van der Waals surface area contributed by atoms with Crippen LogP contribution in [-0.4, -0.2) is 30.0 Å². The number of nitrogens with one attached hydrogen (secondary N) is 1. The Kier molecular flexibility index (Phi) is 7.30. The van der Waals surface area contributed by atoms with Crippen LogP contribution in [0.5, 0.6) is 5.75 Å². The lowest BCUT2D eigenvalue weighted by molar-refractivity contribution is -0.384. The van der Waals surface area contributed by atoms with E-state index >= 15 is 0 Å². The lowest BCUT2D eigenvalue weighted by Gasteiger charge is -2.12. The molecule has 2 aromatic carbocycles. The molecule has 1 N–H and O–H groups in total. The number of amides is 1. The van der Waals surface area contributed by atoms with Crippen molar-refractivity contribution < 1.29 is 24.0 Å². The van der Waals surface area contributed by atoms with Crippen LogP contribution in [0, 0.1) is 37.8 Å². The van der Waals surface area contributed by atoms with Crippen molar-refractivity contribution in [2.75, 3.05) is 18.5 Å². The number of benzene rings is 2. The number of esters is 1. The fourth-order valence-corrected chi connectivity index (χ4v) is 2.61. The van der Waals surface area contributed by atoms with Crippen LogP contribution in [-0.2, 0) is 14.3 Å². The van der Waals surface area contributed by atoms with E-state index < -0.39 is 23.4 Å². The molecule has 0 atom stereocenters. The molecule has 0 unspecified atom stereocenters. The fourth-order valence-electron chi connectivity index (χ4n) is 2.61. The summed E-state index contributed by atoms with van der Waals surface area (Å²) in [4.78, 5) is 34.5. The minimum absolute atomic E-state index is 0.0235. The second kappa shape index (κ2) is 9.68. The van der Waals surface area contributed by atoms with Crippen molar-refractivity contribution in [3.05, 3.63) is 62.7 Å². The molecular formula is C21H24N2O6. The summed E-state index contributed by atoms with van der Waals surface area (Å²) in [6.07, 6.45) is -0.0235. The summed E-state index contributed by atoms with van der Waals surface area (Å²) in [7, 11) is 0. The molecule has 0 saturated carbocycles. The predicted molar refractivity (Wildman–Crippen MR) is 108 cm³/mol. The average Bonchev–Trinajstić information content (AvgIpc) is 2.66. The molecule has 0 fully saturated rings. The van der Waals surface area contributed by atoms with Crippen molar-refractivity contribution in [2.24, 2.45) is 0 Å². The molecular weight excluding hydrogens is 376 g/mol. The Hall–Kier alpha value is -3.42. The molecule has 0 aromatic heterocycles. The van der Waals surface area contributed by atoms with Gasteiger partial charge in [-0.05, 0) is 56.0 Å². The van der Waals surface area contributed by atoms with Gasteiger partial charge in [0.25, 0.3) is 11.6 Å². The third-order valence-electron chi connectivity index (χ3n) is 4.45. The van der Waals surface area contributed by atoms with E-state index in [2.05, 4.69) is 5.32 Å². The number of hydrogen-bond acceptors (Lipinski definition) is 6. The smallest absolute Gasteiger partial charge is 0.309 e. The summed E-state index contributed by atoms with van der Waals surface area (Å²) in [5.74, 6) is -0.552. The Bertz CT molecular complexity index is 939. The van der Waals surface area contributed by atoms with Crippen molar-refractivity contribution in [3.8, 4) is 5.75 Å². The van der Waals surface area contributed by atoms with Gasteiger partial charge in [-0.1, -0.05) is 18.2 Å². The van der Waals surface area contributed by atoms with Crippen LogP contribution in [0.1, 0.15) is 28.7 Å². The number of carbonyl (C=O) groups is 2. The maximum Gasteiger partial charge on any atom is 0.309 e. The van der Waals surface area contributed by atoms with Crippen molar-refractivity contribution in [3.63, 3.8) is 0 Å². The normalized spacial score (nSPS) is 10.3. The number of ether oxygens (including phenoxy) is 2. The van der Waals surface area contributed by atoms with Gasteiger partial charge in [-0.15, -0.1) is 0 Å². The summed E-state index contributed by atoms with van der Waals surface area (Å²) in [6.45, 7) is 6.89. The van der Waals surface area contributed by atoms with Gasteiger partial charge in [0.05, 0.1) is 18.0 Å². The molecule has 0 heterocycles. The van der Waals surface area contributed by atoms with E-state index in [4.69, 9.17) is 9.47 Å². The average molecular weight is 400 g/mol. The van der Waals surface area contributed by atoms with Gasteiger partial charge >= 0.3 is 5.97 Å².